The normalized spacial score (nSPS) is 17.9. The molecule has 1 aliphatic heterocycles. The molecule has 1 saturated heterocycles. The number of aliphatic hydroxyl groups is 1. The minimum absolute atomic E-state index is 0.0133. The third kappa shape index (κ3) is 4.31. The number of hydrogen-bond acceptors (Lipinski definition) is 2. The van der Waals surface area contributed by atoms with Gasteiger partial charge >= 0.3 is 12.2 Å². The Balaban J connectivity index is 1.92. The average molecular weight is 338 g/mol. The number of nitrogens with one attached hydrogen (secondary N) is 1. The molecule has 0 aliphatic carbocycles. The summed E-state index contributed by atoms with van der Waals surface area (Å²) in [7, 11) is 0. The monoisotopic (exact) mass is 338 g/mol. The number of aliphatic hydroxyl groups excluding tert-OH is 1. The molecule has 23 heavy (non-hydrogen) atoms. The van der Waals surface area contributed by atoms with Crippen molar-refractivity contribution >= 4 is 11.7 Å². The molecule has 0 bridgehead atoms. The molecule has 1 atom stereocenters. The number of carbonyl (C=O) groups is 1. The van der Waals surface area contributed by atoms with Gasteiger partial charge in [0.25, 0.3) is 0 Å². The van der Waals surface area contributed by atoms with Crippen molar-refractivity contribution in [1.29, 1.82) is 0 Å². The first kappa shape index (κ1) is 17.5. The van der Waals surface area contributed by atoms with Crippen LogP contribution in [-0.4, -0.2) is 41.4 Å². The Kier molecular flexibility index (Phi) is 5.08. The maximum atomic E-state index is 13.4. The fourth-order valence-electron chi connectivity index (χ4n) is 2.47. The molecule has 1 aromatic carbocycles. The van der Waals surface area contributed by atoms with Crippen molar-refractivity contribution < 1.29 is 31.9 Å². The lowest BCUT2D eigenvalue weighted by Crippen LogP contribution is -2.46. The van der Waals surface area contributed by atoms with E-state index < -0.39 is 35.9 Å². The van der Waals surface area contributed by atoms with Crippen LogP contribution in [0.2, 0.25) is 0 Å². The first-order valence-electron chi connectivity index (χ1n) is 6.94. The maximum absolute atomic E-state index is 13.4. The van der Waals surface area contributed by atoms with Gasteiger partial charge in [0.05, 0.1) is 5.69 Å². The summed E-state index contributed by atoms with van der Waals surface area (Å²) in [5, 5.41) is 11.4. The van der Waals surface area contributed by atoms with Crippen molar-refractivity contribution in [3.8, 4) is 0 Å². The Morgan fingerprint density at radius 1 is 1.26 bits per heavy atom. The Bertz CT molecular complexity index is 571. The largest absolute Gasteiger partial charge is 0.414 e. The summed E-state index contributed by atoms with van der Waals surface area (Å²) < 4.78 is 63.8. The van der Waals surface area contributed by atoms with Crippen LogP contribution < -0.4 is 5.32 Å². The minimum atomic E-state index is -4.69. The number of rotatable bonds is 2. The number of piperidine rings is 1. The number of alkyl halides is 3. The van der Waals surface area contributed by atoms with Gasteiger partial charge in [-0.2, -0.15) is 13.2 Å². The van der Waals surface area contributed by atoms with Gasteiger partial charge in [-0.1, -0.05) is 0 Å². The molecule has 0 radical (unpaired) electrons. The fraction of sp³-hybridized carbons (Fsp3) is 0.500. The van der Waals surface area contributed by atoms with E-state index in [4.69, 9.17) is 0 Å². The molecule has 0 saturated carbocycles. The average Bonchev–Trinajstić information content (AvgIpc) is 2.49. The number of benzene rings is 1. The third-order valence-electron chi connectivity index (χ3n) is 3.78. The molecule has 1 aliphatic rings. The molecule has 128 valence electrons. The molecule has 0 spiro atoms. The second-order valence-corrected chi connectivity index (χ2v) is 5.37. The molecule has 1 unspecified atom stereocenters. The van der Waals surface area contributed by atoms with Gasteiger partial charge in [-0.15, -0.1) is 0 Å². The van der Waals surface area contributed by atoms with Crippen LogP contribution in [0.15, 0.2) is 18.2 Å². The number of urea groups is 1. The van der Waals surface area contributed by atoms with Crippen molar-refractivity contribution in [3.63, 3.8) is 0 Å². The summed E-state index contributed by atoms with van der Waals surface area (Å²) in [5.74, 6) is -2.53. The van der Waals surface area contributed by atoms with Gasteiger partial charge < -0.3 is 15.3 Å². The number of carbonyl (C=O) groups excluding carboxylic acids is 1. The van der Waals surface area contributed by atoms with Gasteiger partial charge in [0.1, 0.15) is 11.6 Å². The van der Waals surface area contributed by atoms with Gasteiger partial charge in [0.15, 0.2) is 6.10 Å². The van der Waals surface area contributed by atoms with Crippen LogP contribution in [0.4, 0.5) is 32.4 Å². The summed E-state index contributed by atoms with van der Waals surface area (Å²) in [6.07, 6.45) is -7.17. The number of amides is 2. The lowest BCUT2D eigenvalue weighted by Gasteiger charge is -2.34. The number of nitrogens with zero attached hydrogens (tertiary/aromatic N) is 1. The van der Waals surface area contributed by atoms with Gasteiger partial charge in [-0.25, -0.2) is 13.6 Å². The zero-order valence-corrected chi connectivity index (χ0v) is 11.9. The summed E-state index contributed by atoms with van der Waals surface area (Å²) in [5.41, 5.74) is -0.340. The van der Waals surface area contributed by atoms with Crippen molar-refractivity contribution in [2.24, 2.45) is 5.92 Å². The van der Waals surface area contributed by atoms with Crippen LogP contribution in [0.1, 0.15) is 12.8 Å². The van der Waals surface area contributed by atoms with E-state index in [-0.39, 0.29) is 31.6 Å². The molecule has 1 aromatic rings. The van der Waals surface area contributed by atoms with Gasteiger partial charge in [0.2, 0.25) is 0 Å². The zero-order chi connectivity index (χ0) is 17.2. The van der Waals surface area contributed by atoms with E-state index >= 15 is 0 Å². The first-order valence-corrected chi connectivity index (χ1v) is 6.94. The molecule has 0 aromatic heterocycles. The second kappa shape index (κ2) is 6.69. The quantitative estimate of drug-likeness (QED) is 0.814. The highest BCUT2D eigenvalue weighted by molar-refractivity contribution is 5.89. The van der Waals surface area contributed by atoms with E-state index in [1.165, 1.54) is 4.90 Å². The van der Waals surface area contributed by atoms with Crippen LogP contribution >= 0.6 is 0 Å². The van der Waals surface area contributed by atoms with Crippen molar-refractivity contribution in [3.05, 3.63) is 29.8 Å². The predicted molar refractivity (Wildman–Crippen MR) is 71.7 cm³/mol. The zero-order valence-electron chi connectivity index (χ0n) is 11.9. The highest BCUT2D eigenvalue weighted by atomic mass is 19.4. The number of anilines is 1. The van der Waals surface area contributed by atoms with E-state index in [1.54, 1.807) is 0 Å². The molecule has 1 fully saturated rings. The molecule has 9 heteroatoms. The highest BCUT2D eigenvalue weighted by Gasteiger charge is 2.44. The molecular weight excluding hydrogens is 323 g/mol. The minimum Gasteiger partial charge on any atom is -0.383 e. The van der Waals surface area contributed by atoms with E-state index in [0.29, 0.717) is 0 Å². The Morgan fingerprint density at radius 3 is 2.43 bits per heavy atom. The van der Waals surface area contributed by atoms with Crippen LogP contribution in [0.3, 0.4) is 0 Å². The molecule has 2 amide bonds. The van der Waals surface area contributed by atoms with Crippen molar-refractivity contribution in [2.75, 3.05) is 18.4 Å². The second-order valence-electron chi connectivity index (χ2n) is 5.37. The maximum Gasteiger partial charge on any atom is 0.414 e. The van der Waals surface area contributed by atoms with Gasteiger partial charge in [-0.3, -0.25) is 0 Å². The van der Waals surface area contributed by atoms with Crippen LogP contribution in [0.25, 0.3) is 0 Å². The fourth-order valence-corrected chi connectivity index (χ4v) is 2.47. The third-order valence-corrected chi connectivity index (χ3v) is 3.78. The Labute approximate surface area is 128 Å². The molecule has 1 heterocycles. The molecular formula is C14H15F5N2O2. The lowest BCUT2D eigenvalue weighted by molar-refractivity contribution is -0.222. The molecule has 2 rings (SSSR count). The number of hydrogen-bond donors (Lipinski definition) is 2. The summed E-state index contributed by atoms with van der Waals surface area (Å²) in [6, 6.07) is 1.84. The lowest BCUT2D eigenvalue weighted by atomic mass is 9.91. The summed E-state index contributed by atoms with van der Waals surface area (Å²) >= 11 is 0. The topological polar surface area (TPSA) is 52.6 Å². The smallest absolute Gasteiger partial charge is 0.383 e. The van der Waals surface area contributed by atoms with Crippen molar-refractivity contribution in [2.45, 2.75) is 25.1 Å². The summed E-state index contributed by atoms with van der Waals surface area (Å²) in [6.45, 7) is -0.0266. The van der Waals surface area contributed by atoms with Gasteiger partial charge in [0, 0.05) is 19.2 Å². The Morgan fingerprint density at radius 2 is 1.87 bits per heavy atom. The SMILES string of the molecule is O=C(Nc1cc(F)ccc1F)N1CCC(C(O)C(F)(F)F)CC1. The van der Waals surface area contributed by atoms with E-state index in [9.17, 15) is 31.9 Å². The first-order chi connectivity index (χ1) is 10.7. The van der Waals surface area contributed by atoms with E-state index in [0.717, 1.165) is 18.2 Å². The van der Waals surface area contributed by atoms with E-state index in [1.807, 2.05) is 0 Å². The Hall–Kier alpha value is -1.90. The van der Waals surface area contributed by atoms with Crippen LogP contribution in [0.5, 0.6) is 0 Å². The van der Waals surface area contributed by atoms with Crippen LogP contribution in [0, 0.1) is 17.6 Å². The predicted octanol–water partition coefficient (Wildman–Crippen LogP) is 3.13. The molecule has 2 N–H and O–H groups in total. The molecule has 4 nitrogen and oxygen atoms in total. The standard InChI is InChI=1S/C14H15F5N2O2/c15-9-1-2-10(16)11(7-9)20-13(23)21-5-3-8(4-6-21)12(22)14(17,18)19/h1-2,7-8,12,22H,3-6H2,(H,20,23). The number of likely N-dealkylation sites (tertiary alicyclic amines) is 1. The number of halogens is 5. The van der Waals surface area contributed by atoms with E-state index in [2.05, 4.69) is 5.32 Å². The summed E-state index contributed by atoms with van der Waals surface area (Å²) in [4.78, 5) is 13.1. The van der Waals surface area contributed by atoms with Crippen molar-refractivity contribution in [1.82, 2.24) is 4.90 Å². The highest BCUT2D eigenvalue weighted by Crippen LogP contribution is 2.31. The van der Waals surface area contributed by atoms with Crippen LogP contribution in [-0.2, 0) is 0 Å². The van der Waals surface area contributed by atoms with Gasteiger partial charge in [-0.05, 0) is 30.9 Å².